The summed E-state index contributed by atoms with van der Waals surface area (Å²) in [7, 11) is 3.17. The Balaban J connectivity index is 0.00000179. The highest BCUT2D eigenvalue weighted by molar-refractivity contribution is 5.89. The number of pyridine rings is 1. The van der Waals surface area contributed by atoms with Crippen molar-refractivity contribution in [2.45, 2.75) is 85.6 Å². The molecule has 0 radical (unpaired) electrons. The van der Waals surface area contributed by atoms with Crippen molar-refractivity contribution >= 4 is 22.8 Å². The molecule has 4 N–H and O–H groups in total. The van der Waals surface area contributed by atoms with E-state index in [1.54, 1.807) is 25.1 Å². The average Bonchev–Trinajstić information content (AvgIpc) is 3.48. The van der Waals surface area contributed by atoms with E-state index in [4.69, 9.17) is 4.74 Å². The number of methoxy groups -OCH3 is 1. The minimum atomic E-state index is -0.821. The molecule has 9 nitrogen and oxygen atoms in total. The van der Waals surface area contributed by atoms with Crippen LogP contribution in [0.3, 0.4) is 0 Å². The van der Waals surface area contributed by atoms with Crippen LogP contribution < -0.4 is 10.6 Å². The number of rotatable bonds is 8. The molecule has 3 rings (SSSR count). The molecule has 4 unspecified atom stereocenters. The molecule has 2 amide bonds. The van der Waals surface area contributed by atoms with E-state index in [1.165, 1.54) is 7.11 Å². The number of hydrogen-bond donors (Lipinski definition) is 4. The van der Waals surface area contributed by atoms with Gasteiger partial charge in [-0.15, -0.1) is 0 Å². The van der Waals surface area contributed by atoms with Crippen molar-refractivity contribution in [1.82, 2.24) is 25.5 Å². The standard InChI is InChI=1S/C20H29N5O4.3C2H6/c1-12(29-3)18(24-17(27)10-21-2)20(28)25-11-15(26)8-14(25)7-13-9-23-19-16(13)5-4-6-22-19;3*1-2/h4-6,9,12,14-15,18,21,26H,7-8,10-11H2,1-3H3,(H,22,23)(H,24,27);3*1-2H3. The van der Waals surface area contributed by atoms with Gasteiger partial charge in [0.25, 0.3) is 0 Å². The molecule has 1 fully saturated rings. The van der Waals surface area contributed by atoms with E-state index >= 15 is 0 Å². The number of likely N-dealkylation sites (tertiary alicyclic amines) is 1. The van der Waals surface area contributed by atoms with Crippen LogP contribution in [0, 0.1) is 0 Å². The van der Waals surface area contributed by atoms with Crippen molar-refractivity contribution in [2.75, 3.05) is 27.2 Å². The highest BCUT2D eigenvalue weighted by Crippen LogP contribution is 2.26. The van der Waals surface area contributed by atoms with Gasteiger partial charge in [-0.2, -0.15) is 0 Å². The fourth-order valence-corrected chi connectivity index (χ4v) is 3.87. The number of aliphatic hydroxyl groups excluding tert-OH is 1. The number of carbonyl (C=O) groups is 2. The van der Waals surface area contributed by atoms with Crippen molar-refractivity contribution in [1.29, 1.82) is 0 Å². The first-order valence-electron chi connectivity index (χ1n) is 12.8. The third-order valence-corrected chi connectivity index (χ3v) is 5.43. The molecule has 0 aromatic carbocycles. The number of nitrogens with zero attached hydrogens (tertiary/aromatic N) is 2. The Bertz CT molecular complexity index is 857. The molecule has 35 heavy (non-hydrogen) atoms. The van der Waals surface area contributed by atoms with Crippen molar-refractivity contribution in [3.63, 3.8) is 0 Å². The van der Waals surface area contributed by atoms with Gasteiger partial charge >= 0.3 is 0 Å². The lowest BCUT2D eigenvalue weighted by Crippen LogP contribution is -2.56. The lowest BCUT2D eigenvalue weighted by Gasteiger charge is -2.31. The van der Waals surface area contributed by atoms with E-state index in [0.717, 1.165) is 16.6 Å². The lowest BCUT2D eigenvalue weighted by molar-refractivity contribution is -0.140. The van der Waals surface area contributed by atoms with E-state index in [9.17, 15) is 14.7 Å². The van der Waals surface area contributed by atoms with Crippen molar-refractivity contribution in [3.8, 4) is 0 Å². The maximum atomic E-state index is 13.3. The maximum absolute atomic E-state index is 13.3. The molecule has 0 aliphatic carbocycles. The van der Waals surface area contributed by atoms with Crippen LogP contribution >= 0.6 is 0 Å². The Hall–Kier alpha value is -2.49. The monoisotopic (exact) mass is 493 g/mol. The fraction of sp³-hybridized carbons (Fsp3) is 0.654. The van der Waals surface area contributed by atoms with Crippen LogP contribution in [-0.4, -0.2) is 83.3 Å². The minimum Gasteiger partial charge on any atom is -0.391 e. The molecule has 200 valence electrons. The predicted molar refractivity (Wildman–Crippen MR) is 142 cm³/mol. The zero-order valence-corrected chi connectivity index (χ0v) is 23.0. The predicted octanol–water partition coefficient (Wildman–Crippen LogP) is 2.88. The summed E-state index contributed by atoms with van der Waals surface area (Å²) in [4.78, 5) is 34.5. The van der Waals surface area contributed by atoms with E-state index in [0.29, 0.717) is 12.8 Å². The van der Waals surface area contributed by atoms with Crippen LogP contribution in [-0.2, 0) is 20.7 Å². The van der Waals surface area contributed by atoms with Crippen LogP contribution in [0.2, 0.25) is 0 Å². The summed E-state index contributed by atoms with van der Waals surface area (Å²) in [6, 6.07) is 2.86. The van der Waals surface area contributed by atoms with Crippen molar-refractivity contribution < 1.29 is 19.4 Å². The summed E-state index contributed by atoms with van der Waals surface area (Å²) >= 11 is 0. The molecule has 0 bridgehead atoms. The number of likely N-dealkylation sites (N-methyl/N-ethyl adjacent to an activating group) is 1. The Morgan fingerprint density at radius 2 is 1.91 bits per heavy atom. The Morgan fingerprint density at radius 3 is 2.51 bits per heavy atom. The third-order valence-electron chi connectivity index (χ3n) is 5.43. The summed E-state index contributed by atoms with van der Waals surface area (Å²) < 4.78 is 5.34. The van der Waals surface area contributed by atoms with Crippen molar-refractivity contribution in [2.24, 2.45) is 0 Å². The zero-order valence-electron chi connectivity index (χ0n) is 23.0. The summed E-state index contributed by atoms with van der Waals surface area (Å²) in [6.07, 6.45) is 3.60. The lowest BCUT2D eigenvalue weighted by atomic mass is 10.0. The quantitative estimate of drug-likeness (QED) is 0.449. The molecule has 1 saturated heterocycles. The van der Waals surface area contributed by atoms with Gasteiger partial charge in [0.2, 0.25) is 11.8 Å². The van der Waals surface area contributed by atoms with Gasteiger partial charge < -0.3 is 30.4 Å². The van der Waals surface area contributed by atoms with Crippen LogP contribution in [0.1, 0.15) is 60.5 Å². The highest BCUT2D eigenvalue weighted by Gasteiger charge is 2.39. The van der Waals surface area contributed by atoms with Gasteiger partial charge in [-0.3, -0.25) is 9.59 Å². The number of β-amino-alcohol motifs (C(OH)–C–C–N with tert-alkyl or cyclic N) is 1. The van der Waals surface area contributed by atoms with Crippen LogP contribution in [0.4, 0.5) is 0 Å². The number of nitrogens with one attached hydrogen (secondary N) is 3. The van der Waals surface area contributed by atoms with Gasteiger partial charge in [-0.1, -0.05) is 41.5 Å². The summed E-state index contributed by atoms with van der Waals surface area (Å²) in [5, 5.41) is 16.8. The SMILES string of the molecule is CC.CC.CC.CNCC(=O)NC(C(=O)N1CC(O)CC1Cc1c[nH]c2ncccc12)C(C)OC. The van der Waals surface area contributed by atoms with Gasteiger partial charge in [0.15, 0.2) is 0 Å². The number of ether oxygens (including phenoxy) is 1. The summed E-state index contributed by atoms with van der Waals surface area (Å²) in [5.74, 6) is -0.530. The second-order valence-corrected chi connectivity index (χ2v) is 7.47. The largest absolute Gasteiger partial charge is 0.391 e. The van der Waals surface area contributed by atoms with Gasteiger partial charge in [0, 0.05) is 37.5 Å². The first-order valence-corrected chi connectivity index (χ1v) is 12.8. The van der Waals surface area contributed by atoms with Gasteiger partial charge in [-0.25, -0.2) is 4.98 Å². The number of amides is 2. The smallest absolute Gasteiger partial charge is 0.248 e. The second-order valence-electron chi connectivity index (χ2n) is 7.47. The average molecular weight is 494 g/mol. The number of aromatic nitrogens is 2. The molecule has 1 aliphatic rings. The van der Waals surface area contributed by atoms with E-state index in [2.05, 4.69) is 20.6 Å². The third kappa shape index (κ3) is 9.23. The zero-order chi connectivity index (χ0) is 27.0. The molecule has 4 atom stereocenters. The van der Waals surface area contributed by atoms with Crippen LogP contribution in [0.15, 0.2) is 24.5 Å². The summed E-state index contributed by atoms with van der Waals surface area (Å²) in [5.41, 5.74) is 1.84. The number of hydrogen-bond acceptors (Lipinski definition) is 6. The second kappa shape index (κ2) is 17.9. The molecular weight excluding hydrogens is 446 g/mol. The maximum Gasteiger partial charge on any atom is 0.248 e. The molecule has 1 aliphatic heterocycles. The Morgan fingerprint density at radius 1 is 1.26 bits per heavy atom. The number of H-pyrrole nitrogens is 1. The minimum absolute atomic E-state index is 0.106. The first-order chi connectivity index (χ1) is 16.9. The van der Waals surface area contributed by atoms with Crippen molar-refractivity contribution in [3.05, 3.63) is 30.1 Å². The molecule has 0 spiro atoms. The molecule has 0 saturated carbocycles. The molecule has 3 heterocycles. The summed E-state index contributed by atoms with van der Waals surface area (Å²) in [6.45, 7) is 14.1. The Labute approximate surface area is 211 Å². The Kier molecular flexibility index (Phi) is 16.6. The van der Waals surface area contributed by atoms with Gasteiger partial charge in [-0.05, 0) is 44.5 Å². The first kappa shape index (κ1) is 32.5. The molecule has 9 heteroatoms. The molecule has 2 aromatic rings. The number of carbonyl (C=O) groups excluding carboxylic acids is 2. The van der Waals surface area contributed by atoms with E-state index < -0.39 is 18.2 Å². The molecule has 2 aromatic heterocycles. The number of fused-ring (bicyclic) bond motifs is 1. The molecular formula is C26H47N5O4. The highest BCUT2D eigenvalue weighted by atomic mass is 16.5. The number of aromatic amines is 1. The number of aliphatic hydroxyl groups is 1. The van der Waals surface area contributed by atoms with Gasteiger partial charge in [0.05, 0.1) is 18.8 Å². The topological polar surface area (TPSA) is 120 Å². The normalized spacial score (nSPS) is 18.2. The van der Waals surface area contributed by atoms with Crippen LogP contribution in [0.5, 0.6) is 0 Å². The van der Waals surface area contributed by atoms with Crippen LogP contribution in [0.25, 0.3) is 11.0 Å². The van der Waals surface area contributed by atoms with Gasteiger partial charge in [0.1, 0.15) is 11.7 Å². The van der Waals surface area contributed by atoms with E-state index in [-0.39, 0.29) is 30.9 Å². The van der Waals surface area contributed by atoms with E-state index in [1.807, 2.05) is 59.9 Å². The fourth-order valence-electron chi connectivity index (χ4n) is 3.87.